The van der Waals surface area contributed by atoms with Gasteiger partial charge in [-0.15, -0.1) is 0 Å². The van der Waals surface area contributed by atoms with Crippen LogP contribution in [0.5, 0.6) is 5.75 Å². The summed E-state index contributed by atoms with van der Waals surface area (Å²) in [6.45, 7) is 5.29. The van der Waals surface area contributed by atoms with E-state index in [2.05, 4.69) is 5.10 Å². The molecule has 0 fully saturated rings. The van der Waals surface area contributed by atoms with Crippen molar-refractivity contribution in [2.24, 2.45) is 5.41 Å². The average molecular weight is 463 g/mol. The Hall–Kier alpha value is -2.35. The minimum absolute atomic E-state index is 0.149. The molecule has 10 heteroatoms. The molecule has 172 valence electrons. The second-order valence-electron chi connectivity index (χ2n) is 7.36. The molecule has 0 unspecified atom stereocenters. The molecule has 0 spiro atoms. The van der Waals surface area contributed by atoms with E-state index in [1.54, 1.807) is 30.0 Å². The number of methoxy groups -OCH3 is 2. The molecule has 0 N–H and O–H groups in total. The first-order valence-electron chi connectivity index (χ1n) is 9.44. The summed E-state index contributed by atoms with van der Waals surface area (Å²) in [5.74, 6) is 0.457. The zero-order valence-corrected chi connectivity index (χ0v) is 18.9. The van der Waals surface area contributed by atoms with Crippen LogP contribution in [0.2, 0.25) is 5.02 Å². The van der Waals surface area contributed by atoms with Crippen molar-refractivity contribution < 1.29 is 32.2 Å². The Balaban J connectivity index is 0.00000151. The van der Waals surface area contributed by atoms with Crippen LogP contribution in [0, 0.1) is 5.41 Å². The Labute approximate surface area is 184 Å². The fraction of sp³-hybridized carbons (Fsp3) is 0.524. The van der Waals surface area contributed by atoms with Gasteiger partial charge in [-0.2, -0.15) is 27.9 Å². The fourth-order valence-electron chi connectivity index (χ4n) is 2.96. The number of hydrogen-bond donors (Lipinski definition) is 0. The molecule has 2 rings (SSSR count). The van der Waals surface area contributed by atoms with E-state index in [1.807, 2.05) is 6.92 Å². The van der Waals surface area contributed by atoms with Gasteiger partial charge in [0.1, 0.15) is 5.75 Å². The highest BCUT2D eigenvalue weighted by molar-refractivity contribution is 6.33. The summed E-state index contributed by atoms with van der Waals surface area (Å²) in [6.07, 6.45) is -3.53. The van der Waals surface area contributed by atoms with E-state index in [9.17, 15) is 13.2 Å². The van der Waals surface area contributed by atoms with E-state index in [0.717, 1.165) is 5.69 Å². The van der Waals surface area contributed by atoms with Crippen molar-refractivity contribution in [2.75, 3.05) is 20.8 Å². The van der Waals surface area contributed by atoms with Crippen LogP contribution in [0.4, 0.5) is 13.2 Å². The molecule has 6 nitrogen and oxygen atoms in total. The van der Waals surface area contributed by atoms with Gasteiger partial charge in [-0.25, -0.2) is 0 Å². The fourth-order valence-corrected chi connectivity index (χ4v) is 3.33. The first kappa shape index (κ1) is 26.7. The third kappa shape index (κ3) is 6.56. The smallest absolute Gasteiger partial charge is 0.394 e. The lowest BCUT2D eigenvalue weighted by Gasteiger charge is -2.28. The first-order chi connectivity index (χ1) is 14.5. The second kappa shape index (κ2) is 11.3. The molecule has 31 heavy (non-hydrogen) atoms. The molecule has 0 saturated heterocycles. The molecule has 0 bridgehead atoms. The number of hydrogen-bond acceptors (Lipinski definition) is 5. The third-order valence-corrected chi connectivity index (χ3v) is 5.13. The summed E-state index contributed by atoms with van der Waals surface area (Å²) in [4.78, 5) is 16.2. The Kier molecular flexibility index (Phi) is 9.74. The molecule has 0 saturated carbocycles. The van der Waals surface area contributed by atoms with E-state index >= 15 is 0 Å². The number of aromatic nitrogens is 2. The van der Waals surface area contributed by atoms with Crippen LogP contribution in [0.15, 0.2) is 18.2 Å². The van der Waals surface area contributed by atoms with Crippen molar-refractivity contribution in [3.05, 3.63) is 34.5 Å². The first-order valence-corrected chi connectivity index (χ1v) is 9.82. The van der Waals surface area contributed by atoms with E-state index in [0.29, 0.717) is 47.2 Å². The van der Waals surface area contributed by atoms with Gasteiger partial charge in [0, 0.05) is 12.7 Å². The molecule has 1 heterocycles. The maximum atomic E-state index is 13.2. The standard InChI is InChI=1S/C20H26ClF3N2O2.CO2/c1-6-15-17(21)18(26(25-15)9-10-27-4)14-8-7-13(11-16(14)28-5)12-19(2,3)20(22,23)24;2-1-3/h7-8,11H,6,9-10,12H2,1-5H3;. The highest BCUT2D eigenvalue weighted by Crippen LogP contribution is 2.42. The van der Waals surface area contributed by atoms with Crippen molar-refractivity contribution in [3.63, 3.8) is 0 Å². The highest BCUT2D eigenvalue weighted by atomic mass is 35.5. The molecule has 0 aliphatic heterocycles. The van der Waals surface area contributed by atoms with Gasteiger partial charge < -0.3 is 9.47 Å². The maximum Gasteiger partial charge on any atom is 0.394 e. The lowest BCUT2D eigenvalue weighted by Crippen LogP contribution is -2.34. The van der Waals surface area contributed by atoms with Crippen molar-refractivity contribution in [1.29, 1.82) is 0 Å². The summed E-state index contributed by atoms with van der Waals surface area (Å²) < 4.78 is 52.1. The Morgan fingerprint density at radius 1 is 1.19 bits per heavy atom. The molecule has 0 atom stereocenters. The molecule has 0 aliphatic carbocycles. The number of nitrogens with zero attached hydrogens (tertiary/aromatic N) is 2. The van der Waals surface area contributed by atoms with Crippen LogP contribution in [0.3, 0.4) is 0 Å². The predicted octanol–water partition coefficient (Wildman–Crippen LogP) is 4.97. The number of benzene rings is 1. The quantitative estimate of drug-likeness (QED) is 0.554. The molecular formula is C21H26ClF3N2O4. The van der Waals surface area contributed by atoms with Crippen molar-refractivity contribution in [1.82, 2.24) is 9.78 Å². The van der Waals surface area contributed by atoms with Crippen molar-refractivity contribution >= 4 is 17.8 Å². The molecule has 0 radical (unpaired) electrons. The van der Waals surface area contributed by atoms with E-state index in [4.69, 9.17) is 30.7 Å². The average Bonchev–Trinajstić information content (AvgIpc) is 3.01. The number of rotatable bonds is 8. The molecule has 0 amide bonds. The van der Waals surface area contributed by atoms with Gasteiger partial charge in [0.15, 0.2) is 0 Å². The lowest BCUT2D eigenvalue weighted by atomic mass is 9.84. The van der Waals surface area contributed by atoms with Gasteiger partial charge in [0.2, 0.25) is 0 Å². The number of aryl methyl sites for hydroxylation is 1. The number of alkyl halides is 3. The van der Waals surface area contributed by atoms with Gasteiger partial charge in [0.25, 0.3) is 0 Å². The zero-order valence-electron chi connectivity index (χ0n) is 18.1. The van der Waals surface area contributed by atoms with Gasteiger partial charge in [0.05, 0.1) is 42.1 Å². The lowest BCUT2D eigenvalue weighted by molar-refractivity contribution is -0.211. The Morgan fingerprint density at radius 3 is 2.29 bits per heavy atom. The normalized spacial score (nSPS) is 11.5. The molecule has 2 aromatic rings. The monoisotopic (exact) mass is 462 g/mol. The van der Waals surface area contributed by atoms with Crippen molar-refractivity contribution in [3.8, 4) is 17.0 Å². The van der Waals surface area contributed by atoms with Crippen LogP contribution in [-0.2, 0) is 33.7 Å². The van der Waals surface area contributed by atoms with E-state index in [-0.39, 0.29) is 12.6 Å². The summed E-state index contributed by atoms with van der Waals surface area (Å²) in [5.41, 5.74) is 0.806. The number of halogens is 4. The minimum atomic E-state index is -4.29. The predicted molar refractivity (Wildman–Crippen MR) is 109 cm³/mol. The molecule has 0 aliphatic rings. The van der Waals surface area contributed by atoms with E-state index < -0.39 is 11.6 Å². The number of carbonyl (C=O) groups excluding carboxylic acids is 2. The number of ether oxygens (including phenoxy) is 2. The minimum Gasteiger partial charge on any atom is -0.496 e. The van der Waals surface area contributed by atoms with Crippen molar-refractivity contribution in [2.45, 2.75) is 46.3 Å². The van der Waals surface area contributed by atoms with Crippen LogP contribution < -0.4 is 4.74 Å². The van der Waals surface area contributed by atoms with Gasteiger partial charge in [-0.3, -0.25) is 4.68 Å². The Morgan fingerprint density at radius 2 is 1.81 bits per heavy atom. The molecule has 1 aromatic carbocycles. The topological polar surface area (TPSA) is 70.4 Å². The van der Waals surface area contributed by atoms with E-state index in [1.165, 1.54) is 21.0 Å². The molecular weight excluding hydrogens is 437 g/mol. The van der Waals surface area contributed by atoms with Gasteiger partial charge in [-0.1, -0.05) is 38.4 Å². The van der Waals surface area contributed by atoms with Gasteiger partial charge in [-0.05, 0) is 30.5 Å². The van der Waals surface area contributed by atoms with Crippen LogP contribution >= 0.6 is 11.6 Å². The Bertz CT molecular complexity index is 905. The zero-order chi connectivity index (χ0) is 23.8. The summed E-state index contributed by atoms with van der Waals surface area (Å²) >= 11 is 6.55. The third-order valence-electron chi connectivity index (χ3n) is 4.74. The maximum absolute atomic E-state index is 13.2. The SMILES string of the molecule is CCc1nn(CCOC)c(-c2ccc(CC(C)(C)C(F)(F)F)cc2OC)c1Cl.O=C=O. The van der Waals surface area contributed by atoms with Gasteiger partial charge >= 0.3 is 12.3 Å². The second-order valence-corrected chi connectivity index (χ2v) is 7.73. The largest absolute Gasteiger partial charge is 0.496 e. The summed E-state index contributed by atoms with van der Waals surface area (Å²) in [5, 5.41) is 5.05. The highest BCUT2D eigenvalue weighted by Gasteiger charge is 2.47. The van der Waals surface area contributed by atoms with Crippen LogP contribution in [0.1, 0.15) is 32.0 Å². The van der Waals surface area contributed by atoms with Crippen LogP contribution in [0.25, 0.3) is 11.3 Å². The summed E-state index contributed by atoms with van der Waals surface area (Å²) in [7, 11) is 3.09. The van der Waals surface area contributed by atoms with Crippen LogP contribution in [-0.4, -0.2) is 42.9 Å². The summed E-state index contributed by atoms with van der Waals surface area (Å²) in [6, 6.07) is 5.06. The molecule has 1 aromatic heterocycles.